The third-order valence-electron chi connectivity index (χ3n) is 4.89. The van der Waals surface area contributed by atoms with Crippen LogP contribution in [0.3, 0.4) is 0 Å². The van der Waals surface area contributed by atoms with Crippen LogP contribution in [0.25, 0.3) is 0 Å². The Hall–Kier alpha value is -3.56. The van der Waals surface area contributed by atoms with Crippen molar-refractivity contribution in [3.63, 3.8) is 0 Å². The summed E-state index contributed by atoms with van der Waals surface area (Å²) in [5, 5.41) is 15.3. The van der Waals surface area contributed by atoms with Crippen molar-refractivity contribution in [3.05, 3.63) is 42.5 Å². The first-order chi connectivity index (χ1) is 16.8. The third kappa shape index (κ3) is 9.97. The van der Waals surface area contributed by atoms with E-state index in [0.29, 0.717) is 5.56 Å². The summed E-state index contributed by atoms with van der Waals surface area (Å²) in [7, 11) is 0. The largest absolute Gasteiger partial charge is 0.508 e. The second kappa shape index (κ2) is 14.1. The number of carbonyl (C=O) groups excluding carboxylic acids is 4. The Morgan fingerprint density at radius 3 is 2.39 bits per heavy atom. The number of carbonyl (C=O) groups is 4. The Balaban J connectivity index is 3.32. The summed E-state index contributed by atoms with van der Waals surface area (Å²) in [5.41, 5.74) is -0.420. The molecule has 10 nitrogen and oxygen atoms in total. The normalized spacial score (nSPS) is 12.8. The van der Waals surface area contributed by atoms with Crippen molar-refractivity contribution < 1.29 is 33.8 Å². The molecule has 0 heterocycles. The molecular formula is C26H39N3O7. The lowest BCUT2D eigenvalue weighted by Crippen LogP contribution is -2.55. The topological polar surface area (TPSA) is 134 Å². The Morgan fingerprint density at radius 1 is 1.19 bits per heavy atom. The van der Waals surface area contributed by atoms with Gasteiger partial charge in [0.25, 0.3) is 0 Å². The SMILES string of the molecule is C=CCN(C(=O)C(NC(=O)OC(C)(C)C)C(C)C)C(C(=O)NCCC(=O)OCC)c1cccc(O)c1. The van der Waals surface area contributed by atoms with Crippen LogP contribution in [0.4, 0.5) is 4.79 Å². The quantitative estimate of drug-likeness (QED) is 0.294. The van der Waals surface area contributed by atoms with E-state index in [4.69, 9.17) is 9.47 Å². The number of phenolic OH excluding ortho intramolecular Hbond substituents is 1. The highest BCUT2D eigenvalue weighted by Crippen LogP contribution is 2.26. The number of hydrogen-bond acceptors (Lipinski definition) is 7. The molecule has 0 aliphatic heterocycles. The Morgan fingerprint density at radius 2 is 1.86 bits per heavy atom. The van der Waals surface area contributed by atoms with Gasteiger partial charge in [-0.25, -0.2) is 4.79 Å². The van der Waals surface area contributed by atoms with E-state index >= 15 is 0 Å². The maximum Gasteiger partial charge on any atom is 0.408 e. The van der Waals surface area contributed by atoms with Gasteiger partial charge in [0.15, 0.2) is 0 Å². The molecule has 0 fully saturated rings. The number of nitrogens with one attached hydrogen (secondary N) is 2. The van der Waals surface area contributed by atoms with Gasteiger partial charge in [-0.05, 0) is 51.3 Å². The fourth-order valence-electron chi connectivity index (χ4n) is 3.37. The highest BCUT2D eigenvalue weighted by atomic mass is 16.6. The van der Waals surface area contributed by atoms with E-state index in [1.54, 1.807) is 53.7 Å². The minimum Gasteiger partial charge on any atom is -0.508 e. The second-order valence-electron chi connectivity index (χ2n) is 9.49. The summed E-state index contributed by atoms with van der Waals surface area (Å²) in [6, 6.07) is 3.80. The molecule has 1 aromatic rings. The summed E-state index contributed by atoms with van der Waals surface area (Å²) >= 11 is 0. The van der Waals surface area contributed by atoms with Crippen molar-refractivity contribution in [2.45, 2.75) is 65.6 Å². The molecular weight excluding hydrogens is 466 g/mol. The van der Waals surface area contributed by atoms with Crippen molar-refractivity contribution in [2.24, 2.45) is 5.92 Å². The molecule has 0 aliphatic rings. The van der Waals surface area contributed by atoms with Crippen LogP contribution in [0.5, 0.6) is 5.75 Å². The molecule has 3 N–H and O–H groups in total. The molecule has 1 aromatic carbocycles. The van der Waals surface area contributed by atoms with Crippen LogP contribution >= 0.6 is 0 Å². The average Bonchev–Trinajstić information content (AvgIpc) is 2.75. The van der Waals surface area contributed by atoms with Gasteiger partial charge in [0.05, 0.1) is 13.0 Å². The van der Waals surface area contributed by atoms with Gasteiger partial charge in [-0.2, -0.15) is 0 Å². The van der Waals surface area contributed by atoms with Crippen LogP contribution < -0.4 is 10.6 Å². The van der Waals surface area contributed by atoms with Crippen LogP contribution in [0, 0.1) is 5.92 Å². The number of rotatable bonds is 12. The minimum atomic E-state index is -1.17. The average molecular weight is 506 g/mol. The van der Waals surface area contributed by atoms with Gasteiger partial charge in [0.1, 0.15) is 23.4 Å². The van der Waals surface area contributed by atoms with Crippen LogP contribution in [0.2, 0.25) is 0 Å². The fraction of sp³-hybridized carbons (Fsp3) is 0.538. The molecule has 1 rings (SSSR count). The maximum absolute atomic E-state index is 13.7. The zero-order valence-electron chi connectivity index (χ0n) is 22.0. The van der Waals surface area contributed by atoms with E-state index in [0.717, 1.165) is 0 Å². The number of nitrogens with zero attached hydrogens (tertiary/aromatic N) is 1. The lowest BCUT2D eigenvalue weighted by Gasteiger charge is -2.35. The summed E-state index contributed by atoms with van der Waals surface area (Å²) in [5.74, 6) is -2.00. The first kappa shape index (κ1) is 30.5. The number of phenols is 1. The molecule has 10 heteroatoms. The Labute approximate surface area is 213 Å². The number of hydrogen-bond donors (Lipinski definition) is 3. The Kier molecular flexibility index (Phi) is 11.9. The molecule has 2 atom stereocenters. The van der Waals surface area contributed by atoms with Crippen LogP contribution in [-0.2, 0) is 23.9 Å². The van der Waals surface area contributed by atoms with Gasteiger partial charge in [-0.15, -0.1) is 6.58 Å². The lowest BCUT2D eigenvalue weighted by molar-refractivity contribution is -0.144. The third-order valence-corrected chi connectivity index (χ3v) is 4.89. The van der Waals surface area contributed by atoms with Gasteiger partial charge in [-0.1, -0.05) is 32.1 Å². The molecule has 2 unspecified atom stereocenters. The fourth-order valence-corrected chi connectivity index (χ4v) is 3.37. The molecule has 0 saturated heterocycles. The number of esters is 1. The van der Waals surface area contributed by atoms with Crippen molar-refractivity contribution in [1.29, 1.82) is 0 Å². The lowest BCUT2D eigenvalue weighted by atomic mass is 9.98. The van der Waals surface area contributed by atoms with E-state index < -0.39 is 41.6 Å². The molecule has 0 aromatic heterocycles. The predicted octanol–water partition coefficient (Wildman–Crippen LogP) is 3.07. The van der Waals surface area contributed by atoms with E-state index in [9.17, 15) is 24.3 Å². The second-order valence-corrected chi connectivity index (χ2v) is 9.49. The highest BCUT2D eigenvalue weighted by Gasteiger charge is 2.37. The van der Waals surface area contributed by atoms with Crippen molar-refractivity contribution >= 4 is 23.9 Å². The maximum atomic E-state index is 13.7. The minimum absolute atomic E-state index is 0.00707. The number of ether oxygens (including phenoxy) is 2. The van der Waals surface area contributed by atoms with Crippen LogP contribution in [0.15, 0.2) is 36.9 Å². The molecule has 3 amide bonds. The van der Waals surface area contributed by atoms with Crippen LogP contribution in [-0.4, -0.2) is 65.2 Å². The number of benzene rings is 1. The van der Waals surface area contributed by atoms with Gasteiger partial charge < -0.3 is 30.1 Å². The monoisotopic (exact) mass is 505 g/mol. The summed E-state index contributed by atoms with van der Waals surface area (Å²) < 4.78 is 10.2. The van der Waals surface area contributed by atoms with Gasteiger partial charge in [0.2, 0.25) is 11.8 Å². The molecule has 36 heavy (non-hydrogen) atoms. The number of amides is 3. The van der Waals surface area contributed by atoms with E-state index in [1.165, 1.54) is 23.1 Å². The highest BCUT2D eigenvalue weighted by molar-refractivity contribution is 5.92. The molecule has 0 aliphatic carbocycles. The van der Waals surface area contributed by atoms with Gasteiger partial charge in [0, 0.05) is 13.1 Å². The smallest absolute Gasteiger partial charge is 0.408 e. The Bertz CT molecular complexity index is 924. The molecule has 0 radical (unpaired) electrons. The molecule has 200 valence electrons. The zero-order valence-corrected chi connectivity index (χ0v) is 22.0. The van der Waals surface area contributed by atoms with Crippen LogP contribution in [0.1, 0.15) is 59.6 Å². The standard InChI is InChI=1S/C26H39N3O7/c1-8-15-29(24(33)21(17(3)4)28-25(34)36-26(5,6)7)22(18-11-10-12-19(30)16-18)23(32)27-14-13-20(31)35-9-2/h8,10-12,16-17,21-22,30H,1,9,13-15H2,2-7H3,(H,27,32)(H,28,34). The summed E-state index contributed by atoms with van der Waals surface area (Å²) in [6.45, 7) is 14.2. The molecule has 0 bridgehead atoms. The summed E-state index contributed by atoms with van der Waals surface area (Å²) in [4.78, 5) is 52.5. The first-order valence-corrected chi connectivity index (χ1v) is 11.9. The number of aromatic hydroxyl groups is 1. The van der Waals surface area contributed by atoms with Gasteiger partial charge >= 0.3 is 12.1 Å². The molecule has 0 saturated carbocycles. The van der Waals surface area contributed by atoms with Crippen molar-refractivity contribution in [2.75, 3.05) is 19.7 Å². The predicted molar refractivity (Wildman–Crippen MR) is 135 cm³/mol. The first-order valence-electron chi connectivity index (χ1n) is 11.9. The van der Waals surface area contributed by atoms with E-state index in [1.807, 2.05) is 0 Å². The van der Waals surface area contributed by atoms with E-state index in [-0.39, 0.29) is 37.8 Å². The number of alkyl carbamates (subject to hydrolysis) is 1. The van der Waals surface area contributed by atoms with E-state index in [2.05, 4.69) is 17.2 Å². The van der Waals surface area contributed by atoms with Crippen molar-refractivity contribution in [3.8, 4) is 5.75 Å². The zero-order chi connectivity index (χ0) is 27.5. The molecule has 0 spiro atoms. The van der Waals surface area contributed by atoms with Gasteiger partial charge in [-0.3, -0.25) is 14.4 Å². The van der Waals surface area contributed by atoms with Crippen molar-refractivity contribution in [1.82, 2.24) is 15.5 Å². The summed E-state index contributed by atoms with van der Waals surface area (Å²) in [6.07, 6.45) is 0.655.